The molecule has 6 nitrogen and oxygen atoms in total. The van der Waals surface area contributed by atoms with E-state index in [1.807, 2.05) is 62.8 Å². The fourth-order valence-electron chi connectivity index (χ4n) is 2.62. The first-order chi connectivity index (χ1) is 12.7. The van der Waals surface area contributed by atoms with E-state index < -0.39 is 0 Å². The summed E-state index contributed by atoms with van der Waals surface area (Å²) in [6.45, 7) is 2.89. The maximum atomic E-state index is 5.40. The third kappa shape index (κ3) is 4.47. The Bertz CT molecular complexity index is 854. The van der Waals surface area contributed by atoms with E-state index in [4.69, 9.17) is 4.74 Å². The molecule has 0 saturated heterocycles. The van der Waals surface area contributed by atoms with Crippen LogP contribution < -0.4 is 15.0 Å². The highest BCUT2D eigenvalue weighted by Gasteiger charge is 2.08. The molecular formula is C20H23N5O. The fraction of sp³-hybridized carbons (Fsp3) is 0.250. The van der Waals surface area contributed by atoms with Crippen molar-refractivity contribution in [1.82, 2.24) is 15.0 Å². The van der Waals surface area contributed by atoms with Crippen molar-refractivity contribution in [2.45, 2.75) is 13.3 Å². The Morgan fingerprint density at radius 3 is 2.65 bits per heavy atom. The molecule has 3 rings (SSSR count). The van der Waals surface area contributed by atoms with Gasteiger partial charge in [-0.15, -0.1) is 0 Å². The van der Waals surface area contributed by atoms with Crippen LogP contribution in [0.25, 0.3) is 0 Å². The number of hydrogen-bond acceptors (Lipinski definition) is 6. The van der Waals surface area contributed by atoms with Crippen LogP contribution in [0.15, 0.2) is 55.0 Å². The summed E-state index contributed by atoms with van der Waals surface area (Å²) < 4.78 is 5.40. The van der Waals surface area contributed by atoms with Gasteiger partial charge in [0.25, 0.3) is 0 Å². The van der Waals surface area contributed by atoms with Gasteiger partial charge in [0.1, 0.15) is 11.6 Å². The summed E-state index contributed by atoms with van der Waals surface area (Å²) >= 11 is 0. The predicted molar refractivity (Wildman–Crippen MR) is 104 cm³/mol. The summed E-state index contributed by atoms with van der Waals surface area (Å²) in [5.74, 6) is 2.17. The number of methoxy groups -OCH3 is 1. The number of pyridine rings is 1. The maximum Gasteiger partial charge on any atom is 0.229 e. The van der Waals surface area contributed by atoms with Gasteiger partial charge in [0, 0.05) is 32.2 Å². The second-order valence-electron chi connectivity index (χ2n) is 6.09. The van der Waals surface area contributed by atoms with Gasteiger partial charge < -0.3 is 15.0 Å². The highest BCUT2D eigenvalue weighted by atomic mass is 16.5. The Kier molecular flexibility index (Phi) is 5.63. The van der Waals surface area contributed by atoms with Crippen LogP contribution in [-0.4, -0.2) is 35.7 Å². The summed E-state index contributed by atoms with van der Waals surface area (Å²) in [5.41, 5.74) is 3.24. The van der Waals surface area contributed by atoms with Crippen molar-refractivity contribution < 1.29 is 4.74 Å². The van der Waals surface area contributed by atoms with Crippen LogP contribution in [0.3, 0.4) is 0 Å². The van der Waals surface area contributed by atoms with E-state index in [1.54, 1.807) is 13.3 Å². The van der Waals surface area contributed by atoms with Gasteiger partial charge in [-0.1, -0.05) is 6.07 Å². The monoisotopic (exact) mass is 349 g/mol. The van der Waals surface area contributed by atoms with Crippen LogP contribution in [0.5, 0.6) is 5.75 Å². The minimum absolute atomic E-state index is 0.544. The molecule has 134 valence electrons. The third-order valence-corrected chi connectivity index (χ3v) is 4.12. The minimum Gasteiger partial charge on any atom is -0.495 e. The smallest absolute Gasteiger partial charge is 0.229 e. The molecule has 1 N–H and O–H groups in total. The number of aromatic nitrogens is 3. The summed E-state index contributed by atoms with van der Waals surface area (Å²) in [4.78, 5) is 15.1. The van der Waals surface area contributed by atoms with Gasteiger partial charge in [0.15, 0.2) is 0 Å². The van der Waals surface area contributed by atoms with Crippen LogP contribution in [-0.2, 0) is 6.42 Å². The quantitative estimate of drug-likeness (QED) is 0.703. The Balaban J connectivity index is 1.71. The first-order valence-corrected chi connectivity index (χ1v) is 8.50. The van der Waals surface area contributed by atoms with Gasteiger partial charge in [-0.25, -0.2) is 4.98 Å². The molecule has 0 aliphatic heterocycles. The molecule has 2 aromatic heterocycles. The number of likely N-dealkylation sites (N-methyl/N-ethyl adjacent to an activating group) is 1. The van der Waals surface area contributed by atoms with E-state index in [1.165, 1.54) is 5.56 Å². The molecule has 0 bridgehead atoms. The minimum atomic E-state index is 0.544. The lowest BCUT2D eigenvalue weighted by atomic mass is 10.2. The van der Waals surface area contributed by atoms with Crippen molar-refractivity contribution >= 4 is 17.5 Å². The van der Waals surface area contributed by atoms with Gasteiger partial charge in [-0.3, -0.25) is 4.98 Å². The van der Waals surface area contributed by atoms with E-state index in [-0.39, 0.29) is 0 Å². The normalized spacial score (nSPS) is 10.4. The third-order valence-electron chi connectivity index (χ3n) is 4.12. The molecular weight excluding hydrogens is 326 g/mol. The van der Waals surface area contributed by atoms with Crippen molar-refractivity contribution in [3.8, 4) is 5.75 Å². The summed E-state index contributed by atoms with van der Waals surface area (Å²) in [6, 6.07) is 11.9. The van der Waals surface area contributed by atoms with Gasteiger partial charge in [0.2, 0.25) is 5.95 Å². The number of ether oxygens (including phenoxy) is 1. The molecule has 0 radical (unpaired) electrons. The van der Waals surface area contributed by atoms with Crippen LogP contribution in [0.1, 0.15) is 11.1 Å². The van der Waals surface area contributed by atoms with Crippen LogP contribution in [0.2, 0.25) is 0 Å². The molecule has 0 atom stereocenters. The molecule has 0 spiro atoms. The highest BCUT2D eigenvalue weighted by molar-refractivity contribution is 5.64. The topological polar surface area (TPSA) is 63.2 Å². The van der Waals surface area contributed by atoms with Gasteiger partial charge in [-0.05, 0) is 54.8 Å². The number of nitrogens with one attached hydrogen (secondary N) is 1. The number of rotatable bonds is 7. The first kappa shape index (κ1) is 17.7. The molecule has 0 saturated carbocycles. The molecule has 0 aliphatic carbocycles. The largest absolute Gasteiger partial charge is 0.495 e. The molecule has 3 aromatic rings. The average molecular weight is 349 g/mol. The van der Waals surface area contributed by atoms with Crippen LogP contribution in [0, 0.1) is 6.92 Å². The van der Waals surface area contributed by atoms with Crippen molar-refractivity contribution in [2.24, 2.45) is 0 Å². The van der Waals surface area contributed by atoms with Crippen molar-refractivity contribution in [3.63, 3.8) is 0 Å². The Labute approximate surface area is 153 Å². The zero-order valence-electron chi connectivity index (χ0n) is 15.3. The molecule has 0 amide bonds. The van der Waals surface area contributed by atoms with E-state index in [2.05, 4.69) is 25.2 Å². The SMILES string of the molecule is COc1ccc(C)cc1Nc1nccc(N(C)CCc2ccncc2)n1. The Morgan fingerprint density at radius 1 is 1.08 bits per heavy atom. The second kappa shape index (κ2) is 8.29. The van der Waals surface area contributed by atoms with E-state index >= 15 is 0 Å². The molecule has 0 fully saturated rings. The van der Waals surface area contributed by atoms with E-state index in [0.717, 1.165) is 35.8 Å². The first-order valence-electron chi connectivity index (χ1n) is 8.50. The maximum absolute atomic E-state index is 5.40. The second-order valence-corrected chi connectivity index (χ2v) is 6.09. The number of hydrogen-bond donors (Lipinski definition) is 1. The average Bonchev–Trinajstić information content (AvgIpc) is 2.67. The standard InChI is InChI=1S/C20H23N5O/c1-15-4-5-18(26-3)17(14-15)23-20-22-12-8-19(24-20)25(2)13-9-16-6-10-21-11-7-16/h4-8,10-12,14H,9,13H2,1-3H3,(H,22,23,24). The van der Waals surface area contributed by atoms with Crippen molar-refractivity contribution in [2.75, 3.05) is 30.9 Å². The summed E-state index contributed by atoms with van der Waals surface area (Å²) in [5, 5.41) is 3.25. The number of anilines is 3. The molecule has 1 aromatic carbocycles. The molecule has 2 heterocycles. The predicted octanol–water partition coefficient (Wildman–Crippen LogP) is 3.61. The molecule has 26 heavy (non-hydrogen) atoms. The Morgan fingerprint density at radius 2 is 1.88 bits per heavy atom. The van der Waals surface area contributed by atoms with Crippen LogP contribution in [0.4, 0.5) is 17.5 Å². The lowest BCUT2D eigenvalue weighted by molar-refractivity contribution is 0.416. The van der Waals surface area contributed by atoms with Gasteiger partial charge in [-0.2, -0.15) is 4.98 Å². The Hall–Kier alpha value is -3.15. The van der Waals surface area contributed by atoms with Crippen LogP contribution >= 0.6 is 0 Å². The van der Waals surface area contributed by atoms with E-state index in [0.29, 0.717) is 5.95 Å². The number of nitrogens with zero attached hydrogens (tertiary/aromatic N) is 4. The number of benzene rings is 1. The van der Waals surface area contributed by atoms with Gasteiger partial charge >= 0.3 is 0 Å². The van der Waals surface area contributed by atoms with Crippen molar-refractivity contribution in [3.05, 3.63) is 66.1 Å². The summed E-state index contributed by atoms with van der Waals surface area (Å²) in [6.07, 6.45) is 6.32. The lowest BCUT2D eigenvalue weighted by Gasteiger charge is -2.19. The van der Waals surface area contributed by atoms with Crippen molar-refractivity contribution in [1.29, 1.82) is 0 Å². The fourth-order valence-corrected chi connectivity index (χ4v) is 2.62. The molecule has 0 unspecified atom stereocenters. The van der Waals surface area contributed by atoms with Gasteiger partial charge in [0.05, 0.1) is 12.8 Å². The zero-order chi connectivity index (χ0) is 18.4. The highest BCUT2D eigenvalue weighted by Crippen LogP contribution is 2.27. The summed E-state index contributed by atoms with van der Waals surface area (Å²) in [7, 11) is 3.68. The lowest BCUT2D eigenvalue weighted by Crippen LogP contribution is -2.21. The zero-order valence-corrected chi connectivity index (χ0v) is 15.3. The van der Waals surface area contributed by atoms with E-state index in [9.17, 15) is 0 Å². The molecule has 6 heteroatoms. The number of aryl methyl sites for hydroxylation is 1. The molecule has 0 aliphatic rings.